The molecule has 0 aromatic rings. The smallest absolute Gasteiger partial charge is 0.239 e. The number of rotatable bonds is 4. The van der Waals surface area contributed by atoms with Crippen molar-refractivity contribution in [2.75, 3.05) is 13.1 Å². The van der Waals surface area contributed by atoms with Gasteiger partial charge in [0.05, 0.1) is 11.8 Å². The maximum absolute atomic E-state index is 10.9. The van der Waals surface area contributed by atoms with Crippen LogP contribution in [0, 0.1) is 0 Å². The lowest BCUT2D eigenvalue weighted by molar-refractivity contribution is -0.125. The minimum Gasteiger partial charge on any atom is -0.355 e. The summed E-state index contributed by atoms with van der Waals surface area (Å²) in [5, 5.41) is 4.62. The molecule has 0 aliphatic heterocycles. The van der Waals surface area contributed by atoms with E-state index >= 15 is 0 Å². The Morgan fingerprint density at radius 3 is 2.42 bits per heavy atom. The molecule has 0 bridgehead atoms. The second-order valence-corrected chi connectivity index (χ2v) is 3.12. The van der Waals surface area contributed by atoms with Crippen LogP contribution in [0.25, 0.3) is 0 Å². The van der Waals surface area contributed by atoms with Crippen LogP contribution in [-0.2, 0) is 9.59 Å². The molecule has 0 radical (unpaired) electrons. The van der Waals surface area contributed by atoms with Gasteiger partial charge in [-0.3, -0.25) is 9.59 Å². The largest absolute Gasteiger partial charge is 0.355 e. The van der Waals surface area contributed by atoms with Crippen molar-refractivity contribution in [1.82, 2.24) is 10.6 Å². The zero-order chi connectivity index (χ0) is 9.56. The fourth-order valence-electron chi connectivity index (χ4n) is 0.575. The van der Waals surface area contributed by atoms with Crippen LogP contribution in [0.1, 0.15) is 13.8 Å². The summed E-state index contributed by atoms with van der Waals surface area (Å²) >= 11 is 3.90. The summed E-state index contributed by atoms with van der Waals surface area (Å²) in [7, 11) is 0. The number of thiol groups is 1. The van der Waals surface area contributed by atoms with Gasteiger partial charge in [-0.2, -0.15) is 12.6 Å². The number of carbonyl (C=O) groups is 2. The third-order valence-electron chi connectivity index (χ3n) is 1.18. The van der Waals surface area contributed by atoms with Gasteiger partial charge in [0.2, 0.25) is 11.8 Å². The van der Waals surface area contributed by atoms with Gasteiger partial charge in [0, 0.05) is 6.54 Å². The molecule has 0 aromatic heterocycles. The van der Waals surface area contributed by atoms with Gasteiger partial charge in [0.15, 0.2) is 0 Å². The molecule has 1 atom stereocenters. The van der Waals surface area contributed by atoms with Crippen LogP contribution in [0.2, 0.25) is 0 Å². The van der Waals surface area contributed by atoms with E-state index in [9.17, 15) is 9.59 Å². The van der Waals surface area contributed by atoms with E-state index < -0.39 is 0 Å². The highest BCUT2D eigenvalue weighted by Gasteiger charge is 2.08. The Kier molecular flexibility index (Phi) is 5.53. The highest BCUT2D eigenvalue weighted by atomic mass is 32.1. The van der Waals surface area contributed by atoms with Crippen molar-refractivity contribution in [2.45, 2.75) is 19.1 Å². The molecule has 70 valence electrons. The second-order valence-electron chi connectivity index (χ2n) is 2.35. The van der Waals surface area contributed by atoms with Gasteiger partial charge in [0.1, 0.15) is 0 Å². The third-order valence-corrected chi connectivity index (χ3v) is 1.41. The van der Waals surface area contributed by atoms with E-state index in [1.807, 2.05) is 6.92 Å². The van der Waals surface area contributed by atoms with E-state index in [4.69, 9.17) is 0 Å². The average molecular weight is 190 g/mol. The topological polar surface area (TPSA) is 58.2 Å². The Morgan fingerprint density at radius 2 is 2.00 bits per heavy atom. The van der Waals surface area contributed by atoms with Crippen molar-refractivity contribution in [3.8, 4) is 0 Å². The number of carbonyl (C=O) groups excluding carboxylic acids is 2. The molecule has 0 fully saturated rings. The average Bonchev–Trinajstić information content (AvgIpc) is 2.00. The molecule has 4 nitrogen and oxygen atoms in total. The van der Waals surface area contributed by atoms with Crippen molar-refractivity contribution in [1.29, 1.82) is 0 Å². The summed E-state index contributed by atoms with van der Waals surface area (Å²) in [6, 6.07) is 0. The molecule has 2 N–H and O–H groups in total. The van der Waals surface area contributed by atoms with Gasteiger partial charge >= 0.3 is 0 Å². The van der Waals surface area contributed by atoms with Crippen LogP contribution in [0.4, 0.5) is 0 Å². The molecule has 0 aromatic carbocycles. The van der Waals surface area contributed by atoms with Gasteiger partial charge in [-0.25, -0.2) is 0 Å². The van der Waals surface area contributed by atoms with Gasteiger partial charge in [0.25, 0.3) is 0 Å². The predicted molar refractivity (Wildman–Crippen MR) is 50.1 cm³/mol. The molecule has 0 aliphatic rings. The van der Waals surface area contributed by atoms with Crippen LogP contribution in [0.15, 0.2) is 0 Å². The summed E-state index contributed by atoms with van der Waals surface area (Å²) in [4.78, 5) is 21.7. The lowest BCUT2D eigenvalue weighted by Crippen LogP contribution is -2.39. The van der Waals surface area contributed by atoms with Gasteiger partial charge in [-0.15, -0.1) is 0 Å². The van der Waals surface area contributed by atoms with Crippen molar-refractivity contribution in [2.24, 2.45) is 0 Å². The first-order chi connectivity index (χ1) is 5.57. The first-order valence-corrected chi connectivity index (χ1v) is 4.32. The van der Waals surface area contributed by atoms with Crippen molar-refractivity contribution < 1.29 is 9.59 Å². The molecule has 1 unspecified atom stereocenters. The number of nitrogens with one attached hydrogen (secondary N) is 2. The Balaban J connectivity index is 3.54. The maximum Gasteiger partial charge on any atom is 0.239 e. The molecule has 0 saturated carbocycles. The SMILES string of the molecule is CCNC(=O)CNC(=O)C(C)S. The maximum atomic E-state index is 10.9. The molecule has 0 rings (SSSR count). The van der Waals surface area contributed by atoms with Crippen LogP contribution in [0.5, 0.6) is 0 Å². The van der Waals surface area contributed by atoms with Gasteiger partial charge in [-0.05, 0) is 13.8 Å². The van der Waals surface area contributed by atoms with Crippen molar-refractivity contribution in [3.63, 3.8) is 0 Å². The lowest BCUT2D eigenvalue weighted by atomic mass is 10.4. The second kappa shape index (κ2) is 5.88. The standard InChI is InChI=1S/C7H14N2O2S/c1-3-8-6(10)4-9-7(11)5(2)12/h5,12H,3-4H2,1-2H3,(H,8,10)(H,9,11). The first kappa shape index (κ1) is 11.3. The molecule has 0 aliphatic carbocycles. The fraction of sp³-hybridized carbons (Fsp3) is 0.714. The summed E-state index contributed by atoms with van der Waals surface area (Å²) in [5.41, 5.74) is 0. The molecule has 0 saturated heterocycles. The minimum absolute atomic E-state index is 0.0254. The zero-order valence-corrected chi connectivity index (χ0v) is 8.15. The van der Waals surface area contributed by atoms with E-state index in [-0.39, 0.29) is 23.6 Å². The minimum atomic E-state index is -0.376. The fourth-order valence-corrected chi connectivity index (χ4v) is 0.666. The first-order valence-electron chi connectivity index (χ1n) is 3.80. The van der Waals surface area contributed by atoms with Crippen LogP contribution >= 0.6 is 12.6 Å². The van der Waals surface area contributed by atoms with E-state index in [0.29, 0.717) is 6.54 Å². The number of likely N-dealkylation sites (N-methyl/N-ethyl adjacent to an activating group) is 1. The monoisotopic (exact) mass is 190 g/mol. The van der Waals surface area contributed by atoms with Crippen LogP contribution in [-0.4, -0.2) is 30.2 Å². The Morgan fingerprint density at radius 1 is 1.42 bits per heavy atom. The summed E-state index contributed by atoms with van der Waals surface area (Å²) in [6.45, 7) is 4.07. The quantitative estimate of drug-likeness (QED) is 0.526. The molecule has 2 amide bonds. The van der Waals surface area contributed by atoms with Crippen LogP contribution in [0.3, 0.4) is 0 Å². The molecule has 5 heteroatoms. The Labute approximate surface area is 77.5 Å². The van der Waals surface area contributed by atoms with E-state index in [1.165, 1.54) is 0 Å². The van der Waals surface area contributed by atoms with E-state index in [0.717, 1.165) is 0 Å². The lowest BCUT2D eigenvalue weighted by Gasteiger charge is -2.06. The normalized spacial score (nSPS) is 11.9. The van der Waals surface area contributed by atoms with Gasteiger partial charge in [-0.1, -0.05) is 0 Å². The summed E-state index contributed by atoms with van der Waals surface area (Å²) < 4.78 is 0. The Hall–Kier alpha value is -0.710. The molecular formula is C7H14N2O2S. The Bertz CT molecular complexity index is 171. The van der Waals surface area contributed by atoms with Gasteiger partial charge < -0.3 is 10.6 Å². The predicted octanol–water partition coefficient (Wildman–Crippen LogP) is -0.443. The number of hydrogen-bond donors (Lipinski definition) is 3. The summed E-state index contributed by atoms with van der Waals surface area (Å²) in [6.07, 6.45) is 0. The van der Waals surface area contributed by atoms with Crippen LogP contribution < -0.4 is 10.6 Å². The molecular weight excluding hydrogens is 176 g/mol. The molecule has 0 heterocycles. The van der Waals surface area contributed by atoms with E-state index in [2.05, 4.69) is 23.3 Å². The molecule has 0 spiro atoms. The summed E-state index contributed by atoms with van der Waals surface area (Å²) in [5.74, 6) is -0.413. The highest BCUT2D eigenvalue weighted by molar-refractivity contribution is 7.81. The third kappa shape index (κ3) is 5.01. The number of amides is 2. The van der Waals surface area contributed by atoms with Crippen molar-refractivity contribution >= 4 is 24.4 Å². The molecule has 12 heavy (non-hydrogen) atoms. The number of hydrogen-bond acceptors (Lipinski definition) is 3. The van der Waals surface area contributed by atoms with E-state index in [1.54, 1.807) is 6.92 Å². The zero-order valence-electron chi connectivity index (χ0n) is 7.26. The van der Waals surface area contributed by atoms with Crippen molar-refractivity contribution in [3.05, 3.63) is 0 Å². The highest BCUT2D eigenvalue weighted by Crippen LogP contribution is 1.89.